The van der Waals surface area contributed by atoms with Crippen LogP contribution in [0.3, 0.4) is 0 Å². The molecule has 0 radical (unpaired) electrons. The second-order valence-electron chi connectivity index (χ2n) is 6.50. The molecule has 120 valence electrons. The average molecular weight is 293 g/mol. The fourth-order valence-electron chi connectivity index (χ4n) is 2.33. The number of hydrogen-bond donors (Lipinski definition) is 0. The quantitative estimate of drug-likeness (QED) is 0.772. The monoisotopic (exact) mass is 293 g/mol. The highest BCUT2D eigenvalue weighted by Gasteiger charge is 2.21. The van der Waals surface area contributed by atoms with Gasteiger partial charge in [-0.3, -0.25) is 4.90 Å². The number of likely N-dealkylation sites (N-methyl/N-ethyl adjacent to an activating group) is 2. The largest absolute Gasteiger partial charge is 0.481 e. The third-order valence-corrected chi connectivity index (χ3v) is 4.27. The summed E-state index contributed by atoms with van der Waals surface area (Å²) in [6.07, 6.45) is 1.78. The summed E-state index contributed by atoms with van der Waals surface area (Å²) >= 11 is 0. The predicted molar refractivity (Wildman–Crippen MR) is 88.8 cm³/mol. The van der Waals surface area contributed by atoms with Crippen LogP contribution in [0, 0.1) is 0 Å². The third-order valence-electron chi connectivity index (χ3n) is 4.27. The van der Waals surface area contributed by atoms with Crippen molar-refractivity contribution in [2.24, 2.45) is 0 Å². The highest BCUT2D eigenvalue weighted by Crippen LogP contribution is 2.26. The van der Waals surface area contributed by atoms with Crippen molar-refractivity contribution in [3.8, 4) is 5.88 Å². The molecule has 1 rings (SSSR count). The number of pyridine rings is 1. The molecule has 0 aliphatic carbocycles. The molecule has 4 heteroatoms. The smallest absolute Gasteiger partial charge is 0.217 e. The lowest BCUT2D eigenvalue weighted by Crippen LogP contribution is -2.43. The Hall–Kier alpha value is -1.13. The van der Waals surface area contributed by atoms with Crippen LogP contribution in [-0.4, -0.2) is 54.1 Å². The number of methoxy groups -OCH3 is 1. The zero-order valence-electron chi connectivity index (χ0n) is 14.7. The first kappa shape index (κ1) is 17.9. The van der Waals surface area contributed by atoms with Gasteiger partial charge in [-0.1, -0.05) is 13.0 Å². The second-order valence-corrected chi connectivity index (χ2v) is 6.50. The molecular formula is C17H31N3O. The third kappa shape index (κ3) is 4.97. The minimum Gasteiger partial charge on any atom is -0.481 e. The van der Waals surface area contributed by atoms with Gasteiger partial charge in [0.05, 0.1) is 7.11 Å². The molecule has 0 aromatic carbocycles. The maximum Gasteiger partial charge on any atom is 0.217 e. The number of aromatic nitrogens is 1. The lowest BCUT2D eigenvalue weighted by molar-refractivity contribution is 0.130. The van der Waals surface area contributed by atoms with E-state index in [1.807, 2.05) is 6.07 Å². The van der Waals surface area contributed by atoms with Gasteiger partial charge < -0.3 is 9.64 Å². The summed E-state index contributed by atoms with van der Waals surface area (Å²) < 4.78 is 5.39. The first-order chi connectivity index (χ1) is 9.81. The first-order valence-corrected chi connectivity index (χ1v) is 7.75. The van der Waals surface area contributed by atoms with Gasteiger partial charge in [0, 0.05) is 36.4 Å². The molecule has 0 spiro atoms. The van der Waals surface area contributed by atoms with Gasteiger partial charge in [-0.15, -0.1) is 0 Å². The molecule has 0 fully saturated rings. The van der Waals surface area contributed by atoms with Crippen LogP contribution in [0.1, 0.15) is 46.2 Å². The lowest BCUT2D eigenvalue weighted by Gasteiger charge is -2.35. The molecule has 1 aromatic rings. The van der Waals surface area contributed by atoms with Crippen LogP contribution in [-0.2, 0) is 0 Å². The molecule has 1 atom stereocenters. The van der Waals surface area contributed by atoms with E-state index in [1.165, 1.54) is 0 Å². The van der Waals surface area contributed by atoms with E-state index >= 15 is 0 Å². The summed E-state index contributed by atoms with van der Waals surface area (Å²) in [6, 6.07) is 4.38. The van der Waals surface area contributed by atoms with E-state index < -0.39 is 0 Å². The predicted octanol–water partition coefficient (Wildman–Crippen LogP) is 3.20. The standard InChI is InChI=1S/C17H31N3O/c1-8-20(13-12-19(6)17(3,4)5)14(2)15-10-9-11-18-16(15)21-7/h9-11,14H,8,12-13H2,1-7H3/t14-/m0/s1. The summed E-state index contributed by atoms with van der Waals surface area (Å²) in [5.74, 6) is 0.729. The van der Waals surface area contributed by atoms with Gasteiger partial charge in [0.25, 0.3) is 0 Å². The van der Waals surface area contributed by atoms with Gasteiger partial charge in [-0.25, -0.2) is 4.98 Å². The summed E-state index contributed by atoms with van der Waals surface area (Å²) in [6.45, 7) is 14.3. The Morgan fingerprint density at radius 1 is 1.29 bits per heavy atom. The van der Waals surface area contributed by atoms with Crippen LogP contribution in [0.4, 0.5) is 0 Å². The molecule has 0 unspecified atom stereocenters. The van der Waals surface area contributed by atoms with Crippen LogP contribution < -0.4 is 4.74 Å². The molecule has 0 bridgehead atoms. The summed E-state index contributed by atoms with van der Waals surface area (Å²) in [7, 11) is 3.87. The molecule has 0 amide bonds. The molecule has 21 heavy (non-hydrogen) atoms. The molecule has 1 heterocycles. The number of nitrogens with zero attached hydrogens (tertiary/aromatic N) is 3. The molecule has 1 aromatic heterocycles. The zero-order valence-corrected chi connectivity index (χ0v) is 14.7. The molecule has 0 N–H and O–H groups in total. The lowest BCUT2D eigenvalue weighted by atomic mass is 10.1. The number of hydrogen-bond acceptors (Lipinski definition) is 4. The Bertz CT molecular complexity index is 428. The zero-order chi connectivity index (χ0) is 16.0. The Kier molecular flexibility index (Phi) is 6.62. The highest BCUT2D eigenvalue weighted by molar-refractivity contribution is 5.28. The van der Waals surface area contributed by atoms with Crippen molar-refractivity contribution >= 4 is 0 Å². The Morgan fingerprint density at radius 2 is 1.95 bits per heavy atom. The van der Waals surface area contributed by atoms with E-state index in [2.05, 4.69) is 62.5 Å². The fourth-order valence-corrected chi connectivity index (χ4v) is 2.33. The second kappa shape index (κ2) is 7.76. The van der Waals surface area contributed by atoms with Gasteiger partial charge in [-0.05, 0) is 47.4 Å². The highest BCUT2D eigenvalue weighted by atomic mass is 16.5. The number of ether oxygens (including phenoxy) is 1. The molecule has 4 nitrogen and oxygen atoms in total. The first-order valence-electron chi connectivity index (χ1n) is 7.75. The normalized spacial score (nSPS) is 13.8. The number of rotatable bonds is 7. The van der Waals surface area contributed by atoms with Crippen molar-refractivity contribution in [1.82, 2.24) is 14.8 Å². The molecule has 0 aliphatic heterocycles. The molecule has 0 aliphatic rings. The summed E-state index contributed by atoms with van der Waals surface area (Å²) in [5.41, 5.74) is 1.36. The van der Waals surface area contributed by atoms with Gasteiger partial charge in [0.15, 0.2) is 0 Å². The van der Waals surface area contributed by atoms with Crippen molar-refractivity contribution in [1.29, 1.82) is 0 Å². The molecule has 0 saturated heterocycles. The van der Waals surface area contributed by atoms with E-state index in [-0.39, 0.29) is 5.54 Å². The van der Waals surface area contributed by atoms with Crippen LogP contribution in [0.25, 0.3) is 0 Å². The van der Waals surface area contributed by atoms with Gasteiger partial charge in [-0.2, -0.15) is 0 Å². The molecule has 0 saturated carbocycles. The summed E-state index contributed by atoms with van der Waals surface area (Å²) in [4.78, 5) is 9.16. The Labute approximate surface area is 130 Å². The van der Waals surface area contributed by atoms with Crippen LogP contribution in [0.5, 0.6) is 5.88 Å². The van der Waals surface area contributed by atoms with Crippen molar-refractivity contribution in [3.05, 3.63) is 23.9 Å². The van der Waals surface area contributed by atoms with Crippen molar-refractivity contribution in [2.45, 2.75) is 46.2 Å². The maximum atomic E-state index is 5.39. The van der Waals surface area contributed by atoms with Crippen molar-refractivity contribution < 1.29 is 4.74 Å². The van der Waals surface area contributed by atoms with Crippen LogP contribution in [0.2, 0.25) is 0 Å². The van der Waals surface area contributed by atoms with Crippen LogP contribution in [0.15, 0.2) is 18.3 Å². The average Bonchev–Trinajstić information content (AvgIpc) is 2.46. The van der Waals surface area contributed by atoms with E-state index in [1.54, 1.807) is 13.3 Å². The maximum absolute atomic E-state index is 5.39. The van der Waals surface area contributed by atoms with Gasteiger partial charge in [0.1, 0.15) is 0 Å². The van der Waals surface area contributed by atoms with Gasteiger partial charge in [0.2, 0.25) is 5.88 Å². The molecular weight excluding hydrogens is 262 g/mol. The van der Waals surface area contributed by atoms with E-state index in [9.17, 15) is 0 Å². The minimum absolute atomic E-state index is 0.203. The van der Waals surface area contributed by atoms with E-state index in [0.29, 0.717) is 6.04 Å². The van der Waals surface area contributed by atoms with Crippen molar-refractivity contribution in [2.75, 3.05) is 33.8 Å². The Balaban J connectivity index is 2.75. The minimum atomic E-state index is 0.203. The van der Waals surface area contributed by atoms with Gasteiger partial charge >= 0.3 is 0 Å². The SMILES string of the molecule is CCN(CCN(C)C(C)(C)C)[C@@H](C)c1cccnc1OC. The van der Waals surface area contributed by atoms with Crippen LogP contribution >= 0.6 is 0 Å². The Morgan fingerprint density at radius 3 is 2.48 bits per heavy atom. The summed E-state index contributed by atoms with van der Waals surface area (Å²) in [5, 5.41) is 0. The van der Waals surface area contributed by atoms with Crippen molar-refractivity contribution in [3.63, 3.8) is 0 Å². The fraction of sp³-hybridized carbons (Fsp3) is 0.706. The van der Waals surface area contributed by atoms with E-state index in [0.717, 1.165) is 31.1 Å². The topological polar surface area (TPSA) is 28.6 Å². The van der Waals surface area contributed by atoms with E-state index in [4.69, 9.17) is 4.74 Å².